The molecule has 3 fully saturated rings. The van der Waals surface area contributed by atoms with Crippen LogP contribution in [0, 0.1) is 11.3 Å². The Morgan fingerprint density at radius 3 is 1.61 bits per heavy atom. The molecule has 0 atom stereocenters. The van der Waals surface area contributed by atoms with Gasteiger partial charge in [-0.1, -0.05) is 82.7 Å². The van der Waals surface area contributed by atoms with Crippen LogP contribution >= 0.6 is 50.4 Å². The Bertz CT molecular complexity index is 4200. The Morgan fingerprint density at radius 1 is 0.656 bits per heavy atom. The SMILES string of the molecule is COc1ccc(-c2c(C(=O)N3CCC4(CC3)COc3ccc(CN)cc34)sc(SC)c2C#N)cc1.NCc1ccc2c(c1)C1(CCN(C(=O)/C=C/c3ccccc3Br)CC1)CO2.NCc1ccc2c(c1)C1(CCN(C(=O)c3cc4cc(C(F)(F)F)ccc4s3)CC1)CO2. The summed E-state index contributed by atoms with van der Waals surface area (Å²) >= 11 is 7.67. The number of halogens is 4. The second kappa shape index (κ2) is 27.3. The minimum Gasteiger partial charge on any atom is -0.497 e. The molecule has 0 saturated carbocycles. The van der Waals surface area contributed by atoms with Gasteiger partial charge in [0.25, 0.3) is 11.8 Å². The molecule has 14 rings (SSSR count). The van der Waals surface area contributed by atoms with E-state index in [0.29, 0.717) is 91.0 Å². The van der Waals surface area contributed by atoms with Crippen molar-refractivity contribution in [3.63, 3.8) is 0 Å². The zero-order valence-electron chi connectivity index (χ0n) is 51.6. The maximum absolute atomic E-state index is 13.8. The van der Waals surface area contributed by atoms with Gasteiger partial charge in [0.05, 0.1) is 47.1 Å². The molecule has 8 aromatic rings. The highest BCUT2D eigenvalue weighted by molar-refractivity contribution is 9.10. The summed E-state index contributed by atoms with van der Waals surface area (Å²) in [6, 6.07) is 41.5. The molecule has 6 aromatic carbocycles. The van der Waals surface area contributed by atoms with E-state index in [0.717, 1.165) is 129 Å². The number of nitriles is 1. The van der Waals surface area contributed by atoms with E-state index in [2.05, 4.69) is 40.2 Å². The second-order valence-corrected chi connectivity index (χ2v) is 28.5. The van der Waals surface area contributed by atoms with Gasteiger partial charge in [-0.2, -0.15) is 18.4 Å². The van der Waals surface area contributed by atoms with Crippen molar-refractivity contribution in [2.24, 2.45) is 17.2 Å². The number of likely N-dealkylation sites (tertiary alicyclic amines) is 3. The summed E-state index contributed by atoms with van der Waals surface area (Å²) in [4.78, 5) is 46.2. The fourth-order valence-corrected chi connectivity index (χ4v) is 17.0. The first kappa shape index (κ1) is 65.4. The standard InChI is InChI=1S/C27H27N3O3S2.C23H21F3N2O2S.C22H23BrN2O2/c1-32-19-6-4-18(5-7-19)23-20(15-29)26(34-2)35-24(23)25(31)30-11-9-27(10-12-30)16-33-22-8-3-17(14-28)13-21(22)27;24-23(25,26)16-2-4-19-15(10-16)11-20(31-19)21(29)28-7-5-22(6-8-28)13-30-18-3-1-14(12-27)9-17(18)22;23-19-4-2-1-3-17(19)6-8-21(26)25-11-9-22(10-12-25)15-27-20-7-5-16(14-24)13-18(20)22/h3-8,13H,9-12,14,16,28H2,1-2H3;1-4,9-11H,5-8,12-13,27H2;1-8,13H,9-12,14-15,24H2/b;;8-6+. The summed E-state index contributed by atoms with van der Waals surface area (Å²) in [5.41, 5.74) is 26.7. The van der Waals surface area contributed by atoms with Crippen LogP contribution in [0.3, 0.4) is 0 Å². The van der Waals surface area contributed by atoms with E-state index in [1.807, 2.05) is 107 Å². The fraction of sp³-hybridized carbons (Fsp3) is 0.333. The summed E-state index contributed by atoms with van der Waals surface area (Å²) < 4.78 is 64.6. The summed E-state index contributed by atoms with van der Waals surface area (Å²) in [5, 5.41) is 10.4. The lowest BCUT2D eigenvalue weighted by atomic mass is 9.74. The number of methoxy groups -OCH3 is 1. The number of alkyl halides is 3. The summed E-state index contributed by atoms with van der Waals surface area (Å²) in [7, 11) is 1.62. The number of ether oxygens (including phenoxy) is 4. The fourth-order valence-electron chi connectivity index (χ4n) is 13.6. The lowest BCUT2D eigenvalue weighted by Crippen LogP contribution is -2.46. The van der Waals surface area contributed by atoms with Crippen molar-refractivity contribution in [3.05, 3.63) is 198 Å². The van der Waals surface area contributed by atoms with Gasteiger partial charge in [0.2, 0.25) is 5.91 Å². The van der Waals surface area contributed by atoms with Gasteiger partial charge < -0.3 is 50.8 Å². The van der Waals surface area contributed by atoms with Gasteiger partial charge in [0.15, 0.2) is 0 Å². The molecule has 6 aliphatic heterocycles. The molecule has 482 valence electrons. The third kappa shape index (κ3) is 13.2. The number of rotatable bonds is 10. The van der Waals surface area contributed by atoms with E-state index in [4.69, 9.17) is 36.1 Å². The average Bonchev–Trinajstić information content (AvgIpc) is 1.69. The number of nitrogens with zero attached hydrogens (tertiary/aromatic N) is 4. The predicted molar refractivity (Wildman–Crippen MR) is 363 cm³/mol. The smallest absolute Gasteiger partial charge is 0.416 e. The molecule has 0 unspecified atom stereocenters. The van der Waals surface area contributed by atoms with E-state index in [1.54, 1.807) is 24.2 Å². The zero-order chi connectivity index (χ0) is 65.2. The number of amides is 3. The van der Waals surface area contributed by atoms with Crippen LogP contribution in [0.1, 0.15) is 108 Å². The lowest BCUT2D eigenvalue weighted by molar-refractivity contribution is -0.137. The maximum Gasteiger partial charge on any atom is 0.416 e. The normalized spacial score (nSPS) is 17.1. The molecule has 3 amide bonds. The minimum absolute atomic E-state index is 0.0117. The van der Waals surface area contributed by atoms with E-state index in [-0.39, 0.29) is 34.0 Å². The Morgan fingerprint density at radius 2 is 1.15 bits per heavy atom. The zero-order valence-corrected chi connectivity index (χ0v) is 55.7. The number of hydrogen-bond acceptors (Lipinski definition) is 14. The molecule has 0 radical (unpaired) electrons. The Balaban J connectivity index is 0.000000135. The van der Waals surface area contributed by atoms with Crippen LogP contribution in [0.2, 0.25) is 0 Å². The van der Waals surface area contributed by atoms with Crippen LogP contribution in [0.4, 0.5) is 13.2 Å². The van der Waals surface area contributed by atoms with Crippen molar-refractivity contribution in [1.82, 2.24) is 14.7 Å². The minimum atomic E-state index is -4.40. The number of thioether (sulfide) groups is 1. The molecule has 14 nitrogen and oxygen atoms in total. The van der Waals surface area contributed by atoms with Gasteiger partial charge >= 0.3 is 6.18 Å². The van der Waals surface area contributed by atoms with Gasteiger partial charge in [-0.15, -0.1) is 34.4 Å². The molecular formula is C72H71BrF3N7O7S3. The Kier molecular flexibility index (Phi) is 19.2. The van der Waals surface area contributed by atoms with Gasteiger partial charge in [0.1, 0.15) is 33.9 Å². The van der Waals surface area contributed by atoms with Crippen LogP contribution in [0.5, 0.6) is 23.0 Å². The molecule has 2 aromatic heterocycles. The summed E-state index contributed by atoms with van der Waals surface area (Å²) in [6.45, 7) is 7.38. The topological polar surface area (TPSA) is 200 Å². The van der Waals surface area contributed by atoms with Gasteiger partial charge in [0, 0.05) is 113 Å². The van der Waals surface area contributed by atoms with E-state index >= 15 is 0 Å². The highest BCUT2D eigenvalue weighted by atomic mass is 79.9. The molecule has 21 heteroatoms. The van der Waals surface area contributed by atoms with E-state index in [1.165, 1.54) is 57.2 Å². The first-order chi connectivity index (χ1) is 44.9. The second-order valence-electron chi connectivity index (χ2n) is 24.4. The number of benzene rings is 6. The lowest BCUT2D eigenvalue weighted by Gasteiger charge is -2.38. The van der Waals surface area contributed by atoms with Crippen molar-refractivity contribution in [1.29, 1.82) is 5.26 Å². The predicted octanol–water partition coefficient (Wildman–Crippen LogP) is 13.9. The quantitative estimate of drug-likeness (QED) is 0.0866. The molecule has 6 aliphatic rings. The molecule has 6 N–H and O–H groups in total. The van der Waals surface area contributed by atoms with E-state index in [9.17, 15) is 32.8 Å². The van der Waals surface area contributed by atoms with Crippen LogP contribution in [-0.4, -0.2) is 105 Å². The van der Waals surface area contributed by atoms with Gasteiger partial charge in [-0.05, 0) is 145 Å². The van der Waals surface area contributed by atoms with Crippen molar-refractivity contribution < 1.29 is 46.5 Å². The molecule has 0 bridgehead atoms. The molecule has 3 spiro atoms. The average molecular weight is 1380 g/mol. The number of hydrogen-bond donors (Lipinski definition) is 3. The molecular weight excluding hydrogens is 1310 g/mol. The first-order valence-corrected chi connectivity index (χ1v) is 34.6. The number of fused-ring (bicyclic) bond motifs is 7. The molecule has 0 aliphatic carbocycles. The number of piperidine rings is 3. The van der Waals surface area contributed by atoms with E-state index < -0.39 is 11.7 Å². The third-order valence-electron chi connectivity index (χ3n) is 19.2. The van der Waals surface area contributed by atoms with Crippen LogP contribution < -0.4 is 36.1 Å². The molecule has 8 heterocycles. The van der Waals surface area contributed by atoms with Gasteiger partial charge in [-0.25, -0.2) is 0 Å². The largest absolute Gasteiger partial charge is 0.497 e. The number of thiophene rings is 2. The Labute approximate surface area is 559 Å². The van der Waals surface area contributed by atoms with Gasteiger partial charge in [-0.3, -0.25) is 14.4 Å². The molecule has 3 saturated heterocycles. The highest BCUT2D eigenvalue weighted by Gasteiger charge is 2.47. The third-order valence-corrected chi connectivity index (χ3v) is 23.3. The Hall–Kier alpha value is -7.68. The molecule has 93 heavy (non-hydrogen) atoms. The monoisotopic (exact) mass is 1380 g/mol. The highest BCUT2D eigenvalue weighted by Crippen LogP contribution is 2.50. The number of nitrogens with two attached hydrogens (primary N) is 3. The number of carbonyl (C=O) groups excluding carboxylic acids is 3. The van der Waals surface area contributed by atoms with Crippen molar-refractivity contribution in [2.45, 2.75) is 84.8 Å². The van der Waals surface area contributed by atoms with Crippen molar-refractivity contribution in [3.8, 4) is 40.2 Å². The summed E-state index contributed by atoms with van der Waals surface area (Å²) in [6.07, 6.45) is 6.16. The number of carbonyl (C=O) groups is 3. The maximum atomic E-state index is 13.8. The first-order valence-electron chi connectivity index (χ1n) is 31.0. The van der Waals surface area contributed by atoms with Crippen molar-refractivity contribution in [2.75, 3.05) is 72.5 Å². The summed E-state index contributed by atoms with van der Waals surface area (Å²) in [5.74, 6) is 3.46. The van der Waals surface area contributed by atoms with Crippen LogP contribution in [-0.2, 0) is 46.9 Å². The van der Waals surface area contributed by atoms with Crippen LogP contribution in [0.25, 0.3) is 27.3 Å². The van der Waals surface area contributed by atoms with Crippen LogP contribution in [0.15, 0.2) is 142 Å². The van der Waals surface area contributed by atoms with Crippen molar-refractivity contribution >= 4 is 84.2 Å².